The number of carbonyl (C=O) groups excluding carboxylic acids is 2. The zero-order chi connectivity index (χ0) is 21.8. The Balaban J connectivity index is 4.84. The van der Waals surface area contributed by atoms with Crippen LogP contribution in [-0.2, 0) is 14.3 Å². The van der Waals surface area contributed by atoms with Crippen molar-refractivity contribution in [1.82, 2.24) is 5.06 Å². The molecular weight excluding hydrogens is 368 g/mol. The number of aliphatic hydroxyl groups is 1. The number of hydrogen-bond acceptors (Lipinski definition) is 8. The summed E-state index contributed by atoms with van der Waals surface area (Å²) in [4.78, 5) is 25.0. The third-order valence-corrected chi connectivity index (χ3v) is 5.54. The molecular formula is C19H38N2O5S. The Morgan fingerprint density at radius 2 is 1.56 bits per heavy atom. The topological polar surface area (TPSA) is 113 Å². The Morgan fingerprint density at radius 1 is 1.07 bits per heavy atom. The lowest BCUT2D eigenvalue weighted by molar-refractivity contribution is -0.177. The van der Waals surface area contributed by atoms with Crippen LogP contribution in [-0.4, -0.2) is 61.5 Å². The summed E-state index contributed by atoms with van der Waals surface area (Å²) in [6, 6.07) is -1.72. The number of hydroxylamine groups is 2. The fraction of sp³-hybridized carbons (Fsp3) is 0.895. The summed E-state index contributed by atoms with van der Waals surface area (Å²) in [5.74, 6) is -1.72. The van der Waals surface area contributed by atoms with Crippen LogP contribution in [0, 0.1) is 5.41 Å². The zero-order valence-electron chi connectivity index (χ0n) is 18.2. The third kappa shape index (κ3) is 9.49. The zero-order valence-corrected chi connectivity index (χ0v) is 19.0. The van der Waals surface area contributed by atoms with Gasteiger partial charge in [0.15, 0.2) is 17.4 Å². The van der Waals surface area contributed by atoms with E-state index in [0.717, 1.165) is 5.06 Å². The fourth-order valence-corrected chi connectivity index (χ4v) is 3.66. The summed E-state index contributed by atoms with van der Waals surface area (Å²) in [5.41, 5.74) is 5.44. The van der Waals surface area contributed by atoms with E-state index in [1.165, 1.54) is 11.8 Å². The Labute approximate surface area is 168 Å². The molecule has 160 valence electrons. The van der Waals surface area contributed by atoms with E-state index in [2.05, 4.69) is 0 Å². The molecule has 0 bridgehead atoms. The second kappa shape index (κ2) is 9.80. The van der Waals surface area contributed by atoms with Gasteiger partial charge in [0.1, 0.15) is 5.37 Å². The van der Waals surface area contributed by atoms with Crippen LogP contribution in [0.1, 0.15) is 68.7 Å². The Kier molecular flexibility index (Phi) is 9.62. The molecule has 0 aliphatic carbocycles. The molecule has 0 saturated carbocycles. The van der Waals surface area contributed by atoms with E-state index in [1.807, 2.05) is 13.8 Å². The van der Waals surface area contributed by atoms with Gasteiger partial charge in [0.2, 0.25) is 0 Å². The van der Waals surface area contributed by atoms with Crippen molar-refractivity contribution < 1.29 is 24.6 Å². The molecule has 0 amide bonds. The first-order valence-corrected chi connectivity index (χ1v) is 10.1. The average molecular weight is 407 g/mol. The number of Topliss-reactive ketones (excluding diaryl/α,β-unsaturated/α-hetero) is 2. The number of rotatable bonds is 11. The van der Waals surface area contributed by atoms with E-state index in [0.29, 0.717) is 13.0 Å². The van der Waals surface area contributed by atoms with Crippen LogP contribution in [0.3, 0.4) is 0 Å². The number of nitrogens with two attached hydrogens (primary N) is 1. The lowest BCUT2D eigenvalue weighted by Gasteiger charge is -2.33. The van der Waals surface area contributed by atoms with Crippen molar-refractivity contribution in [1.29, 1.82) is 0 Å². The van der Waals surface area contributed by atoms with E-state index in [4.69, 9.17) is 10.5 Å². The summed E-state index contributed by atoms with van der Waals surface area (Å²) in [6.07, 6.45) is 0.582. The number of carbonyl (C=O) groups is 2. The largest absolute Gasteiger partial charge is 0.366 e. The van der Waals surface area contributed by atoms with Gasteiger partial charge in [-0.1, -0.05) is 34.6 Å². The van der Waals surface area contributed by atoms with Gasteiger partial charge in [0.25, 0.3) is 0 Å². The molecule has 0 heterocycles. The quantitative estimate of drug-likeness (QED) is 0.354. The molecule has 2 unspecified atom stereocenters. The first kappa shape index (κ1) is 26.5. The maximum absolute atomic E-state index is 12.6. The Morgan fingerprint density at radius 3 is 1.96 bits per heavy atom. The SMILES string of the molecule is CC(C(=O)[C@@H](N)SC(C)(C)CCOC(C)(C)O)N(O)C(C)C(=O)C(C)(C)C. The number of ketones is 2. The van der Waals surface area contributed by atoms with E-state index in [-0.39, 0.29) is 16.3 Å². The van der Waals surface area contributed by atoms with E-state index < -0.39 is 28.7 Å². The van der Waals surface area contributed by atoms with Crippen molar-refractivity contribution in [2.45, 2.75) is 96.7 Å². The molecule has 0 spiro atoms. The van der Waals surface area contributed by atoms with Crippen LogP contribution in [0.5, 0.6) is 0 Å². The molecule has 0 aromatic heterocycles. The van der Waals surface area contributed by atoms with Gasteiger partial charge < -0.3 is 20.8 Å². The molecule has 0 aromatic carbocycles. The Hall–Kier alpha value is -0.510. The van der Waals surface area contributed by atoms with Gasteiger partial charge in [-0.3, -0.25) is 9.59 Å². The summed E-state index contributed by atoms with van der Waals surface area (Å²) < 4.78 is 4.95. The monoisotopic (exact) mass is 406 g/mol. The second-order valence-electron chi connectivity index (χ2n) is 9.09. The van der Waals surface area contributed by atoms with Crippen LogP contribution < -0.4 is 5.73 Å². The highest BCUT2D eigenvalue weighted by molar-refractivity contribution is 8.01. The lowest BCUT2D eigenvalue weighted by Crippen LogP contribution is -2.52. The minimum atomic E-state index is -1.21. The minimum absolute atomic E-state index is 0.157. The number of hydrogen-bond donors (Lipinski definition) is 3. The molecule has 0 radical (unpaired) electrons. The molecule has 3 atom stereocenters. The van der Waals surface area contributed by atoms with Crippen molar-refractivity contribution in [3.05, 3.63) is 0 Å². The number of thioether (sulfide) groups is 1. The summed E-state index contributed by atoms with van der Waals surface area (Å²) >= 11 is 1.28. The van der Waals surface area contributed by atoms with Crippen LogP contribution in [0.15, 0.2) is 0 Å². The molecule has 27 heavy (non-hydrogen) atoms. The second-order valence-corrected chi connectivity index (χ2v) is 10.9. The molecule has 4 N–H and O–H groups in total. The molecule has 0 aliphatic heterocycles. The van der Waals surface area contributed by atoms with E-state index >= 15 is 0 Å². The van der Waals surface area contributed by atoms with Gasteiger partial charge in [0.05, 0.1) is 18.7 Å². The van der Waals surface area contributed by atoms with Crippen molar-refractivity contribution in [2.75, 3.05) is 6.61 Å². The molecule has 8 heteroatoms. The van der Waals surface area contributed by atoms with Crippen LogP contribution in [0.25, 0.3) is 0 Å². The van der Waals surface area contributed by atoms with Gasteiger partial charge in [-0.25, -0.2) is 0 Å². The van der Waals surface area contributed by atoms with Crippen LogP contribution in [0.2, 0.25) is 0 Å². The van der Waals surface area contributed by atoms with Gasteiger partial charge in [-0.2, -0.15) is 5.06 Å². The van der Waals surface area contributed by atoms with Gasteiger partial charge in [0, 0.05) is 10.2 Å². The third-order valence-electron chi connectivity index (χ3n) is 4.21. The Bertz CT molecular complexity index is 511. The van der Waals surface area contributed by atoms with Crippen LogP contribution >= 0.6 is 11.8 Å². The average Bonchev–Trinajstić information content (AvgIpc) is 2.48. The van der Waals surface area contributed by atoms with Crippen molar-refractivity contribution in [2.24, 2.45) is 11.1 Å². The fourth-order valence-electron chi connectivity index (χ4n) is 2.46. The van der Waals surface area contributed by atoms with Crippen molar-refractivity contribution in [3.8, 4) is 0 Å². The van der Waals surface area contributed by atoms with E-state index in [1.54, 1.807) is 48.5 Å². The maximum Gasteiger partial charge on any atom is 0.178 e. The predicted octanol–water partition coefficient (Wildman–Crippen LogP) is 2.57. The highest BCUT2D eigenvalue weighted by Crippen LogP contribution is 2.32. The van der Waals surface area contributed by atoms with Crippen molar-refractivity contribution in [3.63, 3.8) is 0 Å². The maximum atomic E-state index is 12.6. The summed E-state index contributed by atoms with van der Waals surface area (Å²) in [5, 5.41) is 19.9. The summed E-state index contributed by atoms with van der Waals surface area (Å²) in [7, 11) is 0. The first-order chi connectivity index (χ1) is 11.9. The lowest BCUT2D eigenvalue weighted by atomic mass is 9.86. The van der Waals surface area contributed by atoms with Gasteiger partial charge in [-0.05, 0) is 34.1 Å². The number of ether oxygens (including phenoxy) is 1. The number of nitrogens with zero attached hydrogens (tertiary/aromatic N) is 1. The molecule has 0 aromatic rings. The molecule has 0 saturated heterocycles. The van der Waals surface area contributed by atoms with Gasteiger partial charge >= 0.3 is 0 Å². The molecule has 0 fully saturated rings. The predicted molar refractivity (Wildman–Crippen MR) is 109 cm³/mol. The minimum Gasteiger partial charge on any atom is -0.366 e. The molecule has 0 rings (SSSR count). The molecule has 0 aliphatic rings. The molecule has 7 nitrogen and oxygen atoms in total. The van der Waals surface area contributed by atoms with E-state index in [9.17, 15) is 19.9 Å². The first-order valence-electron chi connectivity index (χ1n) is 9.24. The highest BCUT2D eigenvalue weighted by atomic mass is 32.2. The normalized spacial score (nSPS) is 16.9. The van der Waals surface area contributed by atoms with Gasteiger partial charge in [-0.15, -0.1) is 11.8 Å². The van der Waals surface area contributed by atoms with Crippen molar-refractivity contribution >= 4 is 23.3 Å². The highest BCUT2D eigenvalue weighted by Gasteiger charge is 2.37. The van der Waals surface area contributed by atoms with Crippen LogP contribution in [0.4, 0.5) is 0 Å². The standard InChI is InChI=1S/C19H38N2O5S/c1-12(21(25)13(2)15(23)17(3,4)5)14(22)16(20)27-18(6,7)10-11-26-19(8,9)24/h12-13,16,24-25H,10-11,20H2,1-9H3/t12?,13?,16-/m0/s1. The summed E-state index contributed by atoms with van der Waals surface area (Å²) in [6.45, 7) is 15.7. The smallest absolute Gasteiger partial charge is 0.178 e.